The van der Waals surface area contributed by atoms with Gasteiger partial charge in [-0.1, -0.05) is 17.7 Å². The minimum atomic E-state index is 0.167. The van der Waals surface area contributed by atoms with Gasteiger partial charge >= 0.3 is 0 Å². The molecule has 1 aromatic carbocycles. The molecule has 4 heteroatoms. The Balaban J connectivity index is 2.77. The normalized spacial score (nSPS) is 14.2. The summed E-state index contributed by atoms with van der Waals surface area (Å²) in [7, 11) is 2.11. The first-order valence-corrected chi connectivity index (χ1v) is 8.48. The van der Waals surface area contributed by atoms with Crippen LogP contribution in [0, 0.1) is 0 Å². The first kappa shape index (κ1) is 16.7. The summed E-state index contributed by atoms with van der Waals surface area (Å²) >= 11 is 8.28. The molecular formula is C15H25ClN2S. The lowest BCUT2D eigenvalue weighted by molar-refractivity contribution is 0.669. The van der Waals surface area contributed by atoms with Crippen molar-refractivity contribution in [3.05, 3.63) is 28.8 Å². The molecule has 0 aliphatic rings. The van der Waals surface area contributed by atoms with Crippen LogP contribution < -0.4 is 10.6 Å². The van der Waals surface area contributed by atoms with Gasteiger partial charge in [-0.3, -0.25) is 0 Å². The Morgan fingerprint density at radius 1 is 1.37 bits per heavy atom. The van der Waals surface area contributed by atoms with Gasteiger partial charge in [-0.05, 0) is 56.4 Å². The Hall–Kier alpha value is -0.380. The van der Waals surface area contributed by atoms with Crippen LogP contribution in [0.25, 0.3) is 0 Å². The molecule has 0 spiro atoms. The van der Waals surface area contributed by atoms with Crippen LogP contribution in [-0.4, -0.2) is 31.1 Å². The highest BCUT2D eigenvalue weighted by molar-refractivity contribution is 7.98. The molecular weight excluding hydrogens is 276 g/mol. The summed E-state index contributed by atoms with van der Waals surface area (Å²) in [4.78, 5) is 2.26. The number of halogens is 1. The molecule has 1 rings (SSSR count). The van der Waals surface area contributed by atoms with E-state index in [0.717, 1.165) is 23.6 Å². The minimum Gasteiger partial charge on any atom is -0.371 e. The predicted octanol–water partition coefficient (Wildman–Crippen LogP) is 3.81. The van der Waals surface area contributed by atoms with Crippen LogP contribution in [0.15, 0.2) is 18.2 Å². The molecule has 0 saturated heterocycles. The van der Waals surface area contributed by atoms with Crippen LogP contribution in [0.1, 0.15) is 25.8 Å². The second kappa shape index (κ2) is 8.03. The molecule has 0 amide bonds. The van der Waals surface area contributed by atoms with E-state index in [1.165, 1.54) is 11.3 Å². The van der Waals surface area contributed by atoms with Crippen molar-refractivity contribution in [1.82, 2.24) is 0 Å². The van der Waals surface area contributed by atoms with Gasteiger partial charge < -0.3 is 10.6 Å². The molecule has 2 atom stereocenters. The van der Waals surface area contributed by atoms with E-state index in [1.54, 1.807) is 0 Å². The molecule has 19 heavy (non-hydrogen) atoms. The number of hydrogen-bond donors (Lipinski definition) is 1. The van der Waals surface area contributed by atoms with Crippen molar-refractivity contribution >= 4 is 29.1 Å². The molecule has 2 N–H and O–H groups in total. The average molecular weight is 301 g/mol. The van der Waals surface area contributed by atoms with E-state index in [4.69, 9.17) is 17.3 Å². The number of nitrogens with zero attached hydrogens (tertiary/aromatic N) is 1. The van der Waals surface area contributed by atoms with E-state index in [1.807, 2.05) is 24.8 Å². The Labute approximate surface area is 126 Å². The molecule has 2 unspecified atom stereocenters. The highest BCUT2D eigenvalue weighted by Gasteiger charge is 2.13. The minimum absolute atomic E-state index is 0.167. The molecule has 0 heterocycles. The summed E-state index contributed by atoms with van der Waals surface area (Å²) in [6, 6.07) is 6.93. The van der Waals surface area contributed by atoms with Crippen LogP contribution in [0.4, 0.5) is 5.69 Å². The van der Waals surface area contributed by atoms with Gasteiger partial charge in [-0.2, -0.15) is 11.8 Å². The van der Waals surface area contributed by atoms with Crippen molar-refractivity contribution in [1.29, 1.82) is 0 Å². The first-order valence-electron chi connectivity index (χ1n) is 6.71. The van der Waals surface area contributed by atoms with Gasteiger partial charge in [-0.25, -0.2) is 0 Å². The zero-order valence-electron chi connectivity index (χ0n) is 12.3. The molecule has 0 aliphatic heterocycles. The van der Waals surface area contributed by atoms with Gasteiger partial charge in [0.15, 0.2) is 0 Å². The highest BCUT2D eigenvalue weighted by Crippen LogP contribution is 2.28. The Kier molecular flexibility index (Phi) is 7.05. The van der Waals surface area contributed by atoms with Gasteiger partial charge in [0.05, 0.1) is 10.7 Å². The zero-order chi connectivity index (χ0) is 14.4. The molecule has 2 nitrogen and oxygen atoms in total. The third-order valence-electron chi connectivity index (χ3n) is 3.35. The van der Waals surface area contributed by atoms with Crippen LogP contribution in [-0.2, 0) is 6.42 Å². The quantitative estimate of drug-likeness (QED) is 0.830. The predicted molar refractivity (Wildman–Crippen MR) is 89.7 cm³/mol. The van der Waals surface area contributed by atoms with Gasteiger partial charge in [0.2, 0.25) is 0 Å². The summed E-state index contributed by atoms with van der Waals surface area (Å²) < 4.78 is 0. The molecule has 108 valence electrons. The van der Waals surface area contributed by atoms with Crippen molar-refractivity contribution < 1.29 is 0 Å². The lowest BCUT2D eigenvalue weighted by atomic mass is 10.1. The lowest BCUT2D eigenvalue weighted by Gasteiger charge is -2.28. The van der Waals surface area contributed by atoms with Crippen LogP contribution in [0.2, 0.25) is 5.02 Å². The van der Waals surface area contributed by atoms with E-state index >= 15 is 0 Å². The largest absolute Gasteiger partial charge is 0.371 e. The molecule has 0 aromatic heterocycles. The number of hydrogen-bond acceptors (Lipinski definition) is 3. The van der Waals surface area contributed by atoms with Gasteiger partial charge in [0, 0.05) is 19.1 Å². The Morgan fingerprint density at radius 3 is 2.58 bits per heavy atom. The number of benzene rings is 1. The van der Waals surface area contributed by atoms with E-state index in [9.17, 15) is 0 Å². The smallest absolute Gasteiger partial charge is 0.0642 e. The molecule has 1 aromatic rings. The fraction of sp³-hybridized carbons (Fsp3) is 0.600. The maximum absolute atomic E-state index is 6.40. The fourth-order valence-corrected chi connectivity index (χ4v) is 2.97. The van der Waals surface area contributed by atoms with Crippen molar-refractivity contribution in [2.75, 3.05) is 24.0 Å². The molecule has 0 radical (unpaired) electrons. The summed E-state index contributed by atoms with van der Waals surface area (Å²) in [5.74, 6) is 1.17. The maximum atomic E-state index is 6.40. The Morgan fingerprint density at radius 2 is 2.05 bits per heavy atom. The fourth-order valence-electron chi connectivity index (χ4n) is 2.05. The number of anilines is 1. The van der Waals surface area contributed by atoms with Crippen LogP contribution in [0.3, 0.4) is 0 Å². The second-order valence-electron chi connectivity index (χ2n) is 5.21. The topological polar surface area (TPSA) is 29.3 Å². The lowest BCUT2D eigenvalue weighted by Crippen LogP contribution is -2.29. The molecule has 0 aliphatic carbocycles. The van der Waals surface area contributed by atoms with Gasteiger partial charge in [-0.15, -0.1) is 0 Å². The maximum Gasteiger partial charge on any atom is 0.0642 e. The van der Waals surface area contributed by atoms with Crippen molar-refractivity contribution in [2.24, 2.45) is 5.73 Å². The van der Waals surface area contributed by atoms with E-state index < -0.39 is 0 Å². The number of rotatable bonds is 7. The van der Waals surface area contributed by atoms with Gasteiger partial charge in [0.25, 0.3) is 0 Å². The molecule has 0 bridgehead atoms. The first-order chi connectivity index (χ1) is 8.95. The van der Waals surface area contributed by atoms with Crippen LogP contribution >= 0.6 is 23.4 Å². The standard InChI is InChI=1S/C15H25ClN2S/c1-11(17)9-13-5-6-15(14(16)10-13)18(3)12(2)7-8-19-4/h5-6,10-12H,7-9,17H2,1-4H3. The number of nitrogens with two attached hydrogens (primary N) is 1. The monoisotopic (exact) mass is 300 g/mol. The third kappa shape index (κ3) is 5.25. The molecule has 0 saturated carbocycles. The average Bonchev–Trinajstić information content (AvgIpc) is 2.34. The van der Waals surface area contributed by atoms with Crippen molar-refractivity contribution in [2.45, 2.75) is 38.8 Å². The SMILES string of the molecule is CSCCC(C)N(C)c1ccc(CC(C)N)cc1Cl. The second-order valence-corrected chi connectivity index (χ2v) is 6.60. The van der Waals surface area contributed by atoms with Crippen molar-refractivity contribution in [3.63, 3.8) is 0 Å². The highest BCUT2D eigenvalue weighted by atomic mass is 35.5. The summed E-state index contributed by atoms with van der Waals surface area (Å²) in [6.45, 7) is 4.25. The summed E-state index contributed by atoms with van der Waals surface area (Å²) in [5.41, 5.74) is 8.12. The van der Waals surface area contributed by atoms with E-state index in [0.29, 0.717) is 6.04 Å². The van der Waals surface area contributed by atoms with E-state index in [-0.39, 0.29) is 6.04 Å². The zero-order valence-corrected chi connectivity index (χ0v) is 13.9. The summed E-state index contributed by atoms with van der Waals surface area (Å²) in [5, 5.41) is 0.816. The summed E-state index contributed by atoms with van der Waals surface area (Å²) in [6.07, 6.45) is 4.17. The Bertz CT molecular complexity index is 396. The van der Waals surface area contributed by atoms with Gasteiger partial charge in [0.1, 0.15) is 0 Å². The van der Waals surface area contributed by atoms with Crippen LogP contribution in [0.5, 0.6) is 0 Å². The molecule has 0 fully saturated rings. The third-order valence-corrected chi connectivity index (χ3v) is 4.30. The number of thioether (sulfide) groups is 1. The van der Waals surface area contributed by atoms with Crippen molar-refractivity contribution in [3.8, 4) is 0 Å². The van der Waals surface area contributed by atoms with E-state index in [2.05, 4.69) is 37.3 Å².